The van der Waals surface area contributed by atoms with Crippen molar-refractivity contribution in [3.8, 4) is 0 Å². The molecule has 0 unspecified atom stereocenters. The summed E-state index contributed by atoms with van der Waals surface area (Å²) in [6, 6.07) is 10.3. The molecule has 0 fully saturated rings. The average Bonchev–Trinajstić information content (AvgIpc) is 2.96. The first-order valence-electron chi connectivity index (χ1n) is 9.56. The highest BCUT2D eigenvalue weighted by Gasteiger charge is 2.27. The first kappa shape index (κ1) is 23.7. The van der Waals surface area contributed by atoms with Gasteiger partial charge >= 0.3 is 6.18 Å². The van der Waals surface area contributed by atoms with Crippen molar-refractivity contribution >= 4 is 23.2 Å². The Balaban J connectivity index is 1.72. The van der Waals surface area contributed by atoms with Gasteiger partial charge in [-0.05, 0) is 49.2 Å². The molecule has 10 heteroatoms. The van der Waals surface area contributed by atoms with Crippen LogP contribution in [0.15, 0.2) is 42.5 Å². The number of rotatable bonds is 7. The zero-order valence-corrected chi connectivity index (χ0v) is 18.0. The number of hydrogen-bond acceptors (Lipinski definition) is 3. The normalized spacial score (nSPS) is 11.6. The van der Waals surface area contributed by atoms with E-state index >= 15 is 0 Å². The van der Waals surface area contributed by atoms with Crippen LogP contribution in [0, 0.1) is 19.7 Å². The summed E-state index contributed by atoms with van der Waals surface area (Å²) in [6.07, 6.45) is -4.41. The Hall–Kier alpha value is -2.91. The summed E-state index contributed by atoms with van der Waals surface area (Å²) in [4.78, 5) is 12.7. The number of benzene rings is 2. The molecular formula is C22H20ClF4N3O2. The number of nitrogens with zero attached hydrogens (tertiary/aromatic N) is 2. The van der Waals surface area contributed by atoms with E-state index < -0.39 is 24.5 Å². The summed E-state index contributed by atoms with van der Waals surface area (Å²) in [5, 5.41) is 7.49. The number of alkyl halides is 3. The predicted octanol–water partition coefficient (Wildman–Crippen LogP) is 5.67. The van der Waals surface area contributed by atoms with E-state index in [-0.39, 0.29) is 23.7 Å². The van der Waals surface area contributed by atoms with Gasteiger partial charge < -0.3 is 10.1 Å². The summed E-state index contributed by atoms with van der Waals surface area (Å²) >= 11 is 6.10. The summed E-state index contributed by atoms with van der Waals surface area (Å²) < 4.78 is 56.3. The molecule has 1 N–H and O–H groups in total. The second-order valence-corrected chi connectivity index (χ2v) is 7.61. The minimum Gasteiger partial charge on any atom is -0.367 e. The molecular weight excluding hydrogens is 450 g/mol. The maximum Gasteiger partial charge on any atom is 0.411 e. The maximum absolute atomic E-state index is 13.3. The van der Waals surface area contributed by atoms with E-state index in [9.17, 15) is 22.4 Å². The maximum atomic E-state index is 13.3. The second kappa shape index (κ2) is 9.70. The smallest absolute Gasteiger partial charge is 0.367 e. The minimum absolute atomic E-state index is 0.269. The van der Waals surface area contributed by atoms with Gasteiger partial charge in [-0.1, -0.05) is 29.8 Å². The molecule has 32 heavy (non-hydrogen) atoms. The third-order valence-electron chi connectivity index (χ3n) is 4.68. The molecule has 1 amide bonds. The Labute approximate surface area is 186 Å². The number of carbonyl (C=O) groups is 1. The fourth-order valence-electron chi connectivity index (χ4n) is 3.12. The van der Waals surface area contributed by atoms with E-state index in [2.05, 4.69) is 15.2 Å². The van der Waals surface area contributed by atoms with E-state index in [0.29, 0.717) is 28.2 Å². The number of hydrogen-bond donors (Lipinski definition) is 1. The Morgan fingerprint density at radius 2 is 1.94 bits per heavy atom. The lowest BCUT2D eigenvalue weighted by atomic mass is 10.1. The van der Waals surface area contributed by atoms with Gasteiger partial charge in [0.1, 0.15) is 12.4 Å². The molecule has 5 nitrogen and oxygen atoms in total. The van der Waals surface area contributed by atoms with Gasteiger partial charge in [0.2, 0.25) is 0 Å². The molecule has 0 atom stereocenters. The zero-order chi connectivity index (χ0) is 23.5. The van der Waals surface area contributed by atoms with Crippen LogP contribution in [-0.2, 0) is 17.9 Å². The largest absolute Gasteiger partial charge is 0.411 e. The summed E-state index contributed by atoms with van der Waals surface area (Å²) in [5.74, 6) is -0.876. The standard InChI is InChI=1S/C22H20ClF4N3O2/c1-13-20(14(2)30(29-13)10-17-6-7-18(24)9-19(17)23)28-21(31)16-5-3-4-15(8-16)11-32-12-22(25,26)27/h3-9H,10-12H2,1-2H3,(H,28,31). The topological polar surface area (TPSA) is 56.2 Å². The summed E-state index contributed by atoms with van der Waals surface area (Å²) in [7, 11) is 0. The van der Waals surface area contributed by atoms with Crippen LogP contribution in [0.25, 0.3) is 0 Å². The van der Waals surface area contributed by atoms with Crippen molar-refractivity contribution < 1.29 is 27.1 Å². The van der Waals surface area contributed by atoms with Crippen LogP contribution in [-0.4, -0.2) is 28.5 Å². The van der Waals surface area contributed by atoms with Crippen LogP contribution in [0.1, 0.15) is 32.9 Å². The van der Waals surface area contributed by atoms with E-state index in [1.165, 1.54) is 18.2 Å². The SMILES string of the molecule is Cc1nn(Cc2ccc(F)cc2Cl)c(C)c1NC(=O)c1cccc(COCC(F)(F)F)c1. The van der Waals surface area contributed by atoms with Crippen molar-refractivity contribution in [1.29, 1.82) is 0 Å². The average molecular weight is 470 g/mol. The highest BCUT2D eigenvalue weighted by Crippen LogP contribution is 2.24. The van der Waals surface area contributed by atoms with E-state index in [1.54, 1.807) is 42.8 Å². The molecule has 0 aliphatic carbocycles. The molecule has 1 aromatic heterocycles. The second-order valence-electron chi connectivity index (χ2n) is 7.20. The minimum atomic E-state index is -4.41. The van der Waals surface area contributed by atoms with Crippen LogP contribution in [0.4, 0.5) is 23.2 Å². The lowest BCUT2D eigenvalue weighted by Crippen LogP contribution is -2.17. The van der Waals surface area contributed by atoms with Crippen LogP contribution in [0.2, 0.25) is 5.02 Å². The van der Waals surface area contributed by atoms with Gasteiger partial charge in [-0.25, -0.2) is 4.39 Å². The van der Waals surface area contributed by atoms with Gasteiger partial charge in [-0.15, -0.1) is 0 Å². The van der Waals surface area contributed by atoms with Crippen molar-refractivity contribution in [1.82, 2.24) is 9.78 Å². The van der Waals surface area contributed by atoms with E-state index in [0.717, 1.165) is 0 Å². The number of ether oxygens (including phenoxy) is 1. The molecule has 0 saturated carbocycles. The van der Waals surface area contributed by atoms with Crippen LogP contribution < -0.4 is 5.32 Å². The molecule has 0 bridgehead atoms. The highest BCUT2D eigenvalue weighted by atomic mass is 35.5. The lowest BCUT2D eigenvalue weighted by molar-refractivity contribution is -0.176. The Morgan fingerprint density at radius 1 is 1.19 bits per heavy atom. The molecule has 0 radical (unpaired) electrons. The third-order valence-corrected chi connectivity index (χ3v) is 5.03. The Bertz CT molecular complexity index is 1130. The molecule has 0 aliphatic rings. The molecule has 3 aromatic rings. The molecule has 2 aromatic carbocycles. The Kier molecular flexibility index (Phi) is 7.20. The van der Waals surface area contributed by atoms with Crippen LogP contribution >= 0.6 is 11.6 Å². The summed E-state index contributed by atoms with van der Waals surface area (Å²) in [5.41, 5.74) is 3.12. The van der Waals surface area contributed by atoms with Gasteiger partial charge in [0.15, 0.2) is 0 Å². The number of halogens is 5. The molecule has 170 valence electrons. The van der Waals surface area contributed by atoms with Crippen molar-refractivity contribution in [3.63, 3.8) is 0 Å². The highest BCUT2D eigenvalue weighted by molar-refractivity contribution is 6.31. The lowest BCUT2D eigenvalue weighted by Gasteiger charge is -2.10. The number of nitrogens with one attached hydrogen (secondary N) is 1. The number of aromatic nitrogens is 2. The fraction of sp³-hybridized carbons (Fsp3) is 0.273. The number of carbonyl (C=O) groups excluding carboxylic acids is 1. The first-order chi connectivity index (χ1) is 15.0. The zero-order valence-electron chi connectivity index (χ0n) is 17.3. The fourth-order valence-corrected chi connectivity index (χ4v) is 3.34. The molecule has 3 rings (SSSR count). The predicted molar refractivity (Wildman–Crippen MR) is 112 cm³/mol. The van der Waals surface area contributed by atoms with Gasteiger partial charge in [0.25, 0.3) is 5.91 Å². The third kappa shape index (κ3) is 6.08. The number of anilines is 1. The quantitative estimate of drug-likeness (QED) is 0.453. The van der Waals surface area contributed by atoms with Crippen LogP contribution in [0.3, 0.4) is 0 Å². The van der Waals surface area contributed by atoms with Crippen molar-refractivity contribution in [2.24, 2.45) is 0 Å². The molecule has 0 spiro atoms. The van der Waals surface area contributed by atoms with Gasteiger partial charge in [-0.2, -0.15) is 18.3 Å². The van der Waals surface area contributed by atoms with Crippen molar-refractivity contribution in [2.45, 2.75) is 33.2 Å². The first-order valence-corrected chi connectivity index (χ1v) is 9.94. The van der Waals surface area contributed by atoms with Crippen LogP contribution in [0.5, 0.6) is 0 Å². The van der Waals surface area contributed by atoms with Gasteiger partial charge in [0, 0.05) is 10.6 Å². The monoisotopic (exact) mass is 469 g/mol. The molecule has 1 heterocycles. The van der Waals surface area contributed by atoms with E-state index in [1.807, 2.05) is 0 Å². The number of aryl methyl sites for hydroxylation is 1. The van der Waals surface area contributed by atoms with E-state index in [4.69, 9.17) is 11.6 Å². The molecule has 0 aliphatic heterocycles. The van der Waals surface area contributed by atoms with Gasteiger partial charge in [-0.3, -0.25) is 9.48 Å². The summed E-state index contributed by atoms with van der Waals surface area (Å²) in [6.45, 7) is 2.16. The molecule has 0 saturated heterocycles. The number of amides is 1. The van der Waals surface area contributed by atoms with Crippen molar-refractivity contribution in [2.75, 3.05) is 11.9 Å². The van der Waals surface area contributed by atoms with Crippen molar-refractivity contribution in [3.05, 3.63) is 81.4 Å². The Morgan fingerprint density at radius 3 is 2.62 bits per heavy atom. The van der Waals surface area contributed by atoms with Gasteiger partial charge in [0.05, 0.1) is 30.2 Å².